The van der Waals surface area contributed by atoms with Crippen LogP contribution in [0.15, 0.2) is 4.90 Å². The molecule has 3 N–H and O–H groups in total. The van der Waals surface area contributed by atoms with E-state index in [2.05, 4.69) is 27.2 Å². The summed E-state index contributed by atoms with van der Waals surface area (Å²) in [6, 6.07) is 0. The first-order valence-corrected chi connectivity index (χ1v) is 9.19. The Hall–Kier alpha value is -0.920. The number of nitrogens with zero attached hydrogens (tertiary/aromatic N) is 1. The molecule has 122 valence electrons. The lowest BCUT2D eigenvalue weighted by Gasteiger charge is -2.08. The predicted molar refractivity (Wildman–Crippen MR) is 84.7 cm³/mol. The summed E-state index contributed by atoms with van der Waals surface area (Å²) in [5, 5.41) is 9.72. The fourth-order valence-electron chi connectivity index (χ4n) is 2.30. The normalized spacial score (nSPS) is 12.0. The molecule has 0 aliphatic heterocycles. The van der Waals surface area contributed by atoms with Crippen molar-refractivity contribution in [2.45, 2.75) is 63.8 Å². The molecule has 1 aromatic rings. The third-order valence-corrected chi connectivity index (χ3v) is 5.06. The van der Waals surface area contributed by atoms with E-state index in [1.165, 1.54) is 25.7 Å². The second-order valence-corrected chi connectivity index (χ2v) is 7.02. The molecule has 0 aromatic carbocycles. The molecule has 0 saturated carbocycles. The number of aromatic amines is 1. The number of aromatic nitrogens is 2. The fraction of sp³-hybridized carbons (Fsp3) is 0.786. The summed E-state index contributed by atoms with van der Waals surface area (Å²) in [7, 11) is -1.71. The molecular formula is C14H28N4O2S. The Morgan fingerprint density at radius 2 is 1.81 bits per heavy atom. The number of rotatable bonds is 11. The van der Waals surface area contributed by atoms with Gasteiger partial charge in [0, 0.05) is 13.1 Å². The van der Waals surface area contributed by atoms with Gasteiger partial charge in [0.05, 0.1) is 11.4 Å². The van der Waals surface area contributed by atoms with Gasteiger partial charge in [-0.2, -0.15) is 5.10 Å². The van der Waals surface area contributed by atoms with Crippen LogP contribution in [0, 0.1) is 6.92 Å². The molecule has 0 aliphatic rings. The number of hydrogen-bond acceptors (Lipinski definition) is 4. The van der Waals surface area contributed by atoms with Crippen molar-refractivity contribution in [3.05, 3.63) is 11.4 Å². The van der Waals surface area contributed by atoms with Gasteiger partial charge in [0.25, 0.3) is 0 Å². The lowest BCUT2D eigenvalue weighted by Crippen LogP contribution is -2.26. The molecule has 0 fully saturated rings. The number of unbranched alkanes of at least 4 members (excludes halogenated alkanes) is 5. The molecule has 0 spiro atoms. The average molecular weight is 316 g/mol. The molecule has 0 aliphatic carbocycles. The van der Waals surface area contributed by atoms with E-state index in [0.717, 1.165) is 12.8 Å². The number of sulfonamides is 1. The van der Waals surface area contributed by atoms with Crippen molar-refractivity contribution in [3.8, 4) is 0 Å². The molecule has 7 heteroatoms. The zero-order valence-electron chi connectivity index (χ0n) is 13.3. The number of hydrogen-bond donors (Lipinski definition) is 3. The first-order valence-electron chi connectivity index (χ1n) is 7.71. The van der Waals surface area contributed by atoms with E-state index in [0.29, 0.717) is 24.5 Å². The molecule has 0 saturated heterocycles. The molecule has 21 heavy (non-hydrogen) atoms. The third-order valence-electron chi connectivity index (χ3n) is 3.40. The van der Waals surface area contributed by atoms with Gasteiger partial charge in [-0.25, -0.2) is 13.1 Å². The molecule has 0 amide bonds. The summed E-state index contributed by atoms with van der Waals surface area (Å²) in [4.78, 5) is 0.280. The summed E-state index contributed by atoms with van der Waals surface area (Å²) in [6.07, 6.45) is 6.83. The van der Waals surface area contributed by atoms with Crippen LogP contribution >= 0.6 is 0 Å². The first kappa shape index (κ1) is 18.1. The molecule has 0 bridgehead atoms. The molecule has 1 rings (SSSR count). The van der Waals surface area contributed by atoms with Crippen molar-refractivity contribution in [1.29, 1.82) is 0 Å². The summed E-state index contributed by atoms with van der Waals surface area (Å²) >= 11 is 0. The van der Waals surface area contributed by atoms with Gasteiger partial charge in [-0.3, -0.25) is 5.10 Å². The van der Waals surface area contributed by atoms with Crippen LogP contribution in [-0.4, -0.2) is 32.2 Å². The summed E-state index contributed by atoms with van der Waals surface area (Å²) in [5.74, 6) is 0. The minimum atomic E-state index is -3.48. The standard InChI is InChI=1S/C14H28N4O2S/c1-4-5-6-7-8-9-10-16-21(19,20)14-12(2)17-18-13(14)11-15-3/h15-16H,4-11H2,1-3H3,(H,17,18). The number of aryl methyl sites for hydroxylation is 1. The molecule has 0 radical (unpaired) electrons. The van der Waals surface area contributed by atoms with Crippen LogP contribution in [0.2, 0.25) is 0 Å². The van der Waals surface area contributed by atoms with Crippen LogP contribution in [0.5, 0.6) is 0 Å². The van der Waals surface area contributed by atoms with E-state index in [1.54, 1.807) is 14.0 Å². The van der Waals surface area contributed by atoms with Crippen LogP contribution in [0.3, 0.4) is 0 Å². The maximum Gasteiger partial charge on any atom is 0.244 e. The van der Waals surface area contributed by atoms with E-state index in [-0.39, 0.29) is 4.90 Å². The maximum absolute atomic E-state index is 12.3. The zero-order chi connectivity index (χ0) is 15.7. The Balaban J connectivity index is 2.48. The van der Waals surface area contributed by atoms with Gasteiger partial charge in [0.15, 0.2) is 0 Å². The smallest absolute Gasteiger partial charge is 0.244 e. The molecule has 1 aromatic heterocycles. The maximum atomic E-state index is 12.3. The van der Waals surface area contributed by atoms with Gasteiger partial charge < -0.3 is 5.32 Å². The lowest BCUT2D eigenvalue weighted by atomic mass is 10.1. The summed E-state index contributed by atoms with van der Waals surface area (Å²) in [6.45, 7) is 4.82. The van der Waals surface area contributed by atoms with E-state index in [4.69, 9.17) is 0 Å². The van der Waals surface area contributed by atoms with Crippen molar-refractivity contribution in [2.24, 2.45) is 0 Å². The Labute approximate surface area is 128 Å². The SMILES string of the molecule is CCCCCCCCNS(=O)(=O)c1c(CNC)n[nH]c1C. The second-order valence-electron chi connectivity index (χ2n) is 5.32. The zero-order valence-corrected chi connectivity index (χ0v) is 14.1. The minimum absolute atomic E-state index is 0.280. The highest BCUT2D eigenvalue weighted by Crippen LogP contribution is 2.17. The van der Waals surface area contributed by atoms with Gasteiger partial charge in [-0.05, 0) is 20.4 Å². The highest BCUT2D eigenvalue weighted by atomic mass is 32.2. The summed E-state index contributed by atoms with van der Waals surface area (Å²) in [5.41, 5.74) is 1.11. The highest BCUT2D eigenvalue weighted by Gasteiger charge is 2.23. The quantitative estimate of drug-likeness (QED) is 0.545. The second kappa shape index (κ2) is 9.17. The summed E-state index contributed by atoms with van der Waals surface area (Å²) < 4.78 is 27.4. The Bertz CT molecular complexity index is 511. The van der Waals surface area contributed by atoms with Crippen LogP contribution in [0.4, 0.5) is 0 Å². The van der Waals surface area contributed by atoms with Crippen molar-refractivity contribution in [3.63, 3.8) is 0 Å². The van der Waals surface area contributed by atoms with Crippen molar-refractivity contribution < 1.29 is 8.42 Å². The lowest BCUT2D eigenvalue weighted by molar-refractivity contribution is 0.565. The van der Waals surface area contributed by atoms with Crippen molar-refractivity contribution in [2.75, 3.05) is 13.6 Å². The van der Waals surface area contributed by atoms with Crippen molar-refractivity contribution >= 4 is 10.0 Å². The van der Waals surface area contributed by atoms with Gasteiger partial charge in [-0.15, -0.1) is 0 Å². The largest absolute Gasteiger partial charge is 0.314 e. The van der Waals surface area contributed by atoms with Crippen molar-refractivity contribution in [1.82, 2.24) is 20.2 Å². The van der Waals surface area contributed by atoms with E-state index in [1.807, 2.05) is 0 Å². The van der Waals surface area contributed by atoms with Crippen LogP contribution in [-0.2, 0) is 16.6 Å². The predicted octanol–water partition coefficient (Wildman–Crippen LogP) is 2.08. The number of H-pyrrole nitrogens is 1. The van der Waals surface area contributed by atoms with Gasteiger partial charge in [0.1, 0.15) is 4.90 Å². The Morgan fingerprint density at radius 1 is 1.14 bits per heavy atom. The first-order chi connectivity index (χ1) is 10.0. The Morgan fingerprint density at radius 3 is 2.48 bits per heavy atom. The minimum Gasteiger partial charge on any atom is -0.314 e. The molecule has 0 unspecified atom stereocenters. The average Bonchev–Trinajstić information content (AvgIpc) is 2.80. The van der Waals surface area contributed by atoms with E-state index >= 15 is 0 Å². The van der Waals surface area contributed by atoms with Crippen LogP contribution < -0.4 is 10.0 Å². The van der Waals surface area contributed by atoms with Gasteiger partial charge in [-0.1, -0.05) is 39.0 Å². The number of nitrogens with one attached hydrogen (secondary N) is 3. The van der Waals surface area contributed by atoms with E-state index < -0.39 is 10.0 Å². The Kier molecular flexibility index (Phi) is 7.92. The monoisotopic (exact) mass is 316 g/mol. The molecule has 1 heterocycles. The third kappa shape index (κ3) is 5.76. The highest BCUT2D eigenvalue weighted by molar-refractivity contribution is 7.89. The van der Waals surface area contributed by atoms with Gasteiger partial charge in [0.2, 0.25) is 10.0 Å². The van der Waals surface area contributed by atoms with Gasteiger partial charge >= 0.3 is 0 Å². The fourth-order valence-corrected chi connectivity index (χ4v) is 3.73. The molecular weight excluding hydrogens is 288 g/mol. The van der Waals surface area contributed by atoms with E-state index in [9.17, 15) is 8.42 Å². The topological polar surface area (TPSA) is 86.9 Å². The molecule has 6 nitrogen and oxygen atoms in total. The van der Waals surface area contributed by atoms with Crippen LogP contribution in [0.25, 0.3) is 0 Å². The molecule has 0 atom stereocenters. The van der Waals surface area contributed by atoms with Crippen LogP contribution in [0.1, 0.15) is 56.8 Å².